The predicted molar refractivity (Wildman–Crippen MR) is 81.4 cm³/mol. The van der Waals surface area contributed by atoms with Gasteiger partial charge in [-0.25, -0.2) is 0 Å². The third-order valence-electron chi connectivity index (χ3n) is 2.73. The second-order valence-electron chi connectivity index (χ2n) is 4.12. The van der Waals surface area contributed by atoms with Gasteiger partial charge < -0.3 is 16.8 Å². The first-order valence-corrected chi connectivity index (χ1v) is 6.85. The van der Waals surface area contributed by atoms with Crippen molar-refractivity contribution in [1.82, 2.24) is 0 Å². The summed E-state index contributed by atoms with van der Waals surface area (Å²) in [6, 6.07) is 6.70. The highest BCUT2D eigenvalue weighted by molar-refractivity contribution is 7.18. The molecule has 5 N–H and O–H groups in total. The van der Waals surface area contributed by atoms with Crippen molar-refractivity contribution >= 4 is 45.4 Å². The molecule has 0 fully saturated rings. The van der Waals surface area contributed by atoms with Crippen molar-refractivity contribution in [2.45, 2.75) is 6.92 Å². The minimum absolute atomic E-state index is 0.205. The Bertz CT molecular complexity index is 680. The second kappa shape index (κ2) is 5.52. The maximum atomic E-state index is 12.2. The summed E-state index contributed by atoms with van der Waals surface area (Å²) in [6.45, 7) is 1.64. The number of primary amides is 1. The van der Waals surface area contributed by atoms with Crippen LogP contribution in [0.25, 0.3) is 0 Å². The molecule has 0 saturated heterocycles. The smallest absolute Gasteiger partial charge is 0.266 e. The minimum Gasteiger partial charge on any atom is -0.390 e. The number of nitrogens with one attached hydrogen (secondary N) is 1. The number of thiophene rings is 1. The van der Waals surface area contributed by atoms with E-state index in [1.807, 2.05) is 0 Å². The quantitative estimate of drug-likeness (QED) is 0.812. The molecule has 5 nitrogen and oxygen atoms in total. The van der Waals surface area contributed by atoms with Crippen LogP contribution >= 0.6 is 22.9 Å². The van der Waals surface area contributed by atoms with Crippen LogP contribution in [0.15, 0.2) is 24.3 Å². The largest absolute Gasteiger partial charge is 0.390 e. The standard InChI is InChI=1S/C13H12ClN3O2S/c1-6-9(11(15)18)12(16)20-10(6)13(19)17-8-4-2-7(14)3-5-8/h2-5H,16H2,1H3,(H2,15,18)(H,17,19). The Morgan fingerprint density at radius 1 is 1.25 bits per heavy atom. The highest BCUT2D eigenvalue weighted by Crippen LogP contribution is 2.30. The van der Waals surface area contributed by atoms with E-state index in [1.54, 1.807) is 31.2 Å². The fraction of sp³-hybridized carbons (Fsp3) is 0.0769. The molecule has 1 heterocycles. The number of carbonyl (C=O) groups excluding carboxylic acids is 2. The van der Waals surface area contributed by atoms with E-state index >= 15 is 0 Å². The maximum absolute atomic E-state index is 12.2. The molecule has 104 valence electrons. The molecule has 0 radical (unpaired) electrons. The third-order valence-corrected chi connectivity index (χ3v) is 4.10. The third kappa shape index (κ3) is 2.76. The van der Waals surface area contributed by atoms with Crippen LogP contribution in [0.5, 0.6) is 0 Å². The van der Waals surface area contributed by atoms with Crippen LogP contribution < -0.4 is 16.8 Å². The van der Waals surface area contributed by atoms with E-state index in [0.717, 1.165) is 11.3 Å². The van der Waals surface area contributed by atoms with E-state index in [1.165, 1.54) is 0 Å². The van der Waals surface area contributed by atoms with Gasteiger partial charge in [-0.05, 0) is 36.8 Å². The van der Waals surface area contributed by atoms with Gasteiger partial charge in [-0.1, -0.05) is 11.6 Å². The molecule has 0 unspecified atom stereocenters. The Labute approximate surface area is 124 Å². The highest BCUT2D eigenvalue weighted by atomic mass is 35.5. The molecular formula is C13H12ClN3O2S. The monoisotopic (exact) mass is 309 g/mol. The number of hydrogen-bond acceptors (Lipinski definition) is 4. The number of anilines is 2. The van der Waals surface area contributed by atoms with Crippen molar-refractivity contribution in [2.75, 3.05) is 11.1 Å². The number of carbonyl (C=O) groups is 2. The van der Waals surface area contributed by atoms with Gasteiger partial charge in [-0.15, -0.1) is 11.3 Å². The summed E-state index contributed by atoms with van der Waals surface area (Å²) in [5.41, 5.74) is 12.3. The van der Waals surface area contributed by atoms with E-state index in [9.17, 15) is 9.59 Å². The van der Waals surface area contributed by atoms with Crippen LogP contribution in [-0.4, -0.2) is 11.8 Å². The fourth-order valence-electron chi connectivity index (χ4n) is 1.78. The van der Waals surface area contributed by atoms with Crippen LogP contribution in [0, 0.1) is 6.92 Å². The zero-order valence-electron chi connectivity index (χ0n) is 10.6. The van der Waals surface area contributed by atoms with Gasteiger partial charge in [0.2, 0.25) is 0 Å². The zero-order valence-corrected chi connectivity index (χ0v) is 12.1. The normalized spacial score (nSPS) is 10.3. The number of nitrogens with two attached hydrogens (primary N) is 2. The van der Waals surface area contributed by atoms with Gasteiger partial charge in [0.05, 0.1) is 15.4 Å². The van der Waals surface area contributed by atoms with E-state index < -0.39 is 5.91 Å². The number of hydrogen-bond donors (Lipinski definition) is 3. The average Bonchev–Trinajstić information content (AvgIpc) is 2.67. The summed E-state index contributed by atoms with van der Waals surface area (Å²) >= 11 is 6.81. The van der Waals surface area contributed by atoms with Crippen molar-refractivity contribution in [2.24, 2.45) is 5.73 Å². The summed E-state index contributed by atoms with van der Waals surface area (Å²) < 4.78 is 0. The molecule has 20 heavy (non-hydrogen) atoms. The molecule has 0 saturated carbocycles. The highest BCUT2D eigenvalue weighted by Gasteiger charge is 2.21. The van der Waals surface area contributed by atoms with Crippen LogP contribution in [0.4, 0.5) is 10.7 Å². The lowest BCUT2D eigenvalue weighted by molar-refractivity contribution is 0.100. The molecule has 0 bridgehead atoms. The molecule has 0 aliphatic carbocycles. The van der Waals surface area contributed by atoms with Crippen molar-refractivity contribution in [3.63, 3.8) is 0 Å². The SMILES string of the molecule is Cc1c(C(=O)Nc2ccc(Cl)cc2)sc(N)c1C(N)=O. The van der Waals surface area contributed by atoms with Gasteiger partial charge in [0.25, 0.3) is 11.8 Å². The summed E-state index contributed by atoms with van der Waals surface area (Å²) in [4.78, 5) is 23.8. The molecule has 1 aromatic heterocycles. The number of rotatable bonds is 3. The molecule has 2 amide bonds. The van der Waals surface area contributed by atoms with Gasteiger partial charge in [-0.2, -0.15) is 0 Å². The second-order valence-corrected chi connectivity index (χ2v) is 5.61. The number of benzene rings is 1. The fourth-order valence-corrected chi connectivity index (χ4v) is 2.88. The molecule has 0 spiro atoms. The number of amides is 2. The van der Waals surface area contributed by atoms with Gasteiger partial charge in [-0.3, -0.25) is 9.59 Å². The first-order valence-electron chi connectivity index (χ1n) is 5.65. The van der Waals surface area contributed by atoms with Gasteiger partial charge in [0, 0.05) is 10.7 Å². The molecule has 2 aromatic rings. The Hall–Kier alpha value is -2.05. The van der Waals surface area contributed by atoms with Crippen molar-refractivity contribution in [3.05, 3.63) is 45.3 Å². The summed E-state index contributed by atoms with van der Waals surface area (Å²) in [7, 11) is 0. The van der Waals surface area contributed by atoms with E-state index in [0.29, 0.717) is 21.2 Å². The molecule has 7 heteroatoms. The van der Waals surface area contributed by atoms with Gasteiger partial charge >= 0.3 is 0 Å². The topological polar surface area (TPSA) is 98.2 Å². The lowest BCUT2D eigenvalue weighted by atomic mass is 10.1. The van der Waals surface area contributed by atoms with E-state index in [4.69, 9.17) is 23.1 Å². The Morgan fingerprint density at radius 2 is 1.85 bits per heavy atom. The molecule has 0 aliphatic rings. The lowest BCUT2D eigenvalue weighted by Crippen LogP contribution is -2.15. The van der Waals surface area contributed by atoms with Crippen LogP contribution in [0.1, 0.15) is 25.6 Å². The predicted octanol–water partition coefficient (Wildman–Crippen LogP) is 2.64. The minimum atomic E-state index is -0.637. The molecule has 1 aromatic carbocycles. The maximum Gasteiger partial charge on any atom is 0.266 e. The first kappa shape index (κ1) is 14.4. The van der Waals surface area contributed by atoms with Gasteiger partial charge in [0.1, 0.15) is 0 Å². The average molecular weight is 310 g/mol. The van der Waals surface area contributed by atoms with E-state index in [-0.39, 0.29) is 16.5 Å². The molecular weight excluding hydrogens is 298 g/mol. The van der Waals surface area contributed by atoms with E-state index in [2.05, 4.69) is 5.32 Å². The van der Waals surface area contributed by atoms with Crippen molar-refractivity contribution < 1.29 is 9.59 Å². The van der Waals surface area contributed by atoms with Gasteiger partial charge in [0.15, 0.2) is 0 Å². The van der Waals surface area contributed by atoms with Crippen LogP contribution in [-0.2, 0) is 0 Å². The van der Waals surface area contributed by atoms with Crippen LogP contribution in [0.2, 0.25) is 5.02 Å². The summed E-state index contributed by atoms with van der Waals surface area (Å²) in [5.74, 6) is -0.976. The number of nitrogen functional groups attached to an aromatic ring is 1. The number of halogens is 1. The Balaban J connectivity index is 2.28. The summed E-state index contributed by atoms with van der Waals surface area (Å²) in [5, 5.41) is 3.54. The zero-order chi connectivity index (χ0) is 14.9. The lowest BCUT2D eigenvalue weighted by Gasteiger charge is -2.04. The molecule has 2 rings (SSSR count). The molecule has 0 atom stereocenters. The van der Waals surface area contributed by atoms with Crippen molar-refractivity contribution in [3.8, 4) is 0 Å². The Morgan fingerprint density at radius 3 is 2.35 bits per heavy atom. The molecule has 0 aliphatic heterocycles. The van der Waals surface area contributed by atoms with Crippen LogP contribution in [0.3, 0.4) is 0 Å². The summed E-state index contributed by atoms with van der Waals surface area (Å²) in [6.07, 6.45) is 0. The van der Waals surface area contributed by atoms with Crippen molar-refractivity contribution in [1.29, 1.82) is 0 Å². The Kier molecular flexibility index (Phi) is 3.96. The first-order chi connectivity index (χ1) is 9.40.